The number of ether oxygens (including phenoxy) is 3. The lowest BCUT2D eigenvalue weighted by molar-refractivity contribution is -0.138. The second-order valence-electron chi connectivity index (χ2n) is 5.69. The highest BCUT2D eigenvalue weighted by Gasteiger charge is 2.35. The highest BCUT2D eigenvalue weighted by atomic mass is 35.5. The Labute approximate surface area is 159 Å². The molecule has 0 aromatic heterocycles. The molecule has 0 saturated carbocycles. The third-order valence-electron chi connectivity index (χ3n) is 3.90. The number of carbonyl (C=O) groups is 1. The summed E-state index contributed by atoms with van der Waals surface area (Å²) in [6.45, 7) is 3.24. The first-order valence-electron chi connectivity index (χ1n) is 8.04. The highest BCUT2D eigenvalue weighted by Crippen LogP contribution is 2.37. The molecule has 0 aliphatic carbocycles. The first-order chi connectivity index (χ1) is 12.7. The van der Waals surface area contributed by atoms with E-state index in [0.717, 1.165) is 30.4 Å². The van der Waals surface area contributed by atoms with Gasteiger partial charge in [-0.25, -0.2) is 4.79 Å². The van der Waals surface area contributed by atoms with Crippen molar-refractivity contribution in [3.05, 3.63) is 57.6 Å². The van der Waals surface area contributed by atoms with Crippen LogP contribution in [0.25, 0.3) is 0 Å². The maximum Gasteiger partial charge on any atom is 0.513 e. The molecule has 0 spiro atoms. The second-order valence-corrected chi connectivity index (χ2v) is 6.09. The molecule has 0 aliphatic heterocycles. The van der Waals surface area contributed by atoms with Crippen LogP contribution in [0.5, 0.6) is 11.5 Å². The van der Waals surface area contributed by atoms with Crippen LogP contribution in [0.15, 0.2) is 30.3 Å². The minimum absolute atomic E-state index is 0.286. The summed E-state index contributed by atoms with van der Waals surface area (Å²) in [6.07, 6.45) is -5.05. The number of methoxy groups -OCH3 is 1. The van der Waals surface area contributed by atoms with E-state index in [-0.39, 0.29) is 11.3 Å². The van der Waals surface area contributed by atoms with Gasteiger partial charge in [0.15, 0.2) is 0 Å². The number of benzene rings is 2. The molecule has 0 fully saturated rings. The van der Waals surface area contributed by atoms with Crippen LogP contribution in [-0.4, -0.2) is 13.3 Å². The molecule has 2 aromatic rings. The van der Waals surface area contributed by atoms with E-state index in [0.29, 0.717) is 17.2 Å². The quantitative estimate of drug-likeness (QED) is 0.457. The Morgan fingerprint density at radius 1 is 1.19 bits per heavy atom. The van der Waals surface area contributed by atoms with Crippen LogP contribution in [0, 0.1) is 6.92 Å². The van der Waals surface area contributed by atoms with E-state index in [4.69, 9.17) is 21.1 Å². The van der Waals surface area contributed by atoms with E-state index in [1.807, 2.05) is 13.0 Å². The molecule has 0 heterocycles. The average Bonchev–Trinajstić information content (AvgIpc) is 2.61. The van der Waals surface area contributed by atoms with Gasteiger partial charge in [-0.05, 0) is 42.7 Å². The van der Waals surface area contributed by atoms with E-state index < -0.39 is 24.5 Å². The van der Waals surface area contributed by atoms with Crippen molar-refractivity contribution in [2.45, 2.75) is 33.1 Å². The van der Waals surface area contributed by atoms with Gasteiger partial charge in [0.1, 0.15) is 18.1 Å². The molecule has 2 rings (SSSR count). The van der Waals surface area contributed by atoms with E-state index in [9.17, 15) is 18.0 Å². The highest BCUT2D eigenvalue weighted by molar-refractivity contribution is 6.31. The molecule has 146 valence electrons. The number of hydrogen-bond acceptors (Lipinski definition) is 4. The van der Waals surface area contributed by atoms with Crippen molar-refractivity contribution in [2.75, 3.05) is 7.11 Å². The van der Waals surface area contributed by atoms with Gasteiger partial charge in [-0.2, -0.15) is 13.2 Å². The summed E-state index contributed by atoms with van der Waals surface area (Å²) < 4.78 is 54.9. The Hall–Kier alpha value is -2.41. The number of alkyl halides is 3. The fourth-order valence-corrected chi connectivity index (χ4v) is 2.79. The molecule has 0 saturated heterocycles. The molecule has 2 aromatic carbocycles. The summed E-state index contributed by atoms with van der Waals surface area (Å²) in [5.74, 6) is 0.0591. The summed E-state index contributed by atoms with van der Waals surface area (Å²) in [6, 6.07) is 6.66. The summed E-state index contributed by atoms with van der Waals surface area (Å²) in [4.78, 5) is 11.4. The topological polar surface area (TPSA) is 44.8 Å². The molecule has 0 aliphatic rings. The lowest BCUT2D eigenvalue weighted by Gasteiger charge is -2.18. The predicted molar refractivity (Wildman–Crippen MR) is 94.4 cm³/mol. The van der Waals surface area contributed by atoms with Crippen molar-refractivity contribution in [1.82, 2.24) is 0 Å². The zero-order valence-electron chi connectivity index (χ0n) is 14.9. The van der Waals surface area contributed by atoms with Gasteiger partial charge in [0.05, 0.1) is 12.7 Å². The summed E-state index contributed by atoms with van der Waals surface area (Å²) >= 11 is 6.16. The monoisotopic (exact) mass is 402 g/mol. The van der Waals surface area contributed by atoms with Crippen LogP contribution < -0.4 is 9.47 Å². The summed E-state index contributed by atoms with van der Waals surface area (Å²) in [7, 11) is 1.06. The number of rotatable bonds is 5. The van der Waals surface area contributed by atoms with Crippen LogP contribution in [0.1, 0.15) is 29.2 Å². The second kappa shape index (κ2) is 8.52. The number of hydrogen-bond donors (Lipinski definition) is 0. The van der Waals surface area contributed by atoms with Gasteiger partial charge in [-0.3, -0.25) is 0 Å². The lowest BCUT2D eigenvalue weighted by atomic mass is 10.1. The number of carbonyl (C=O) groups excluding carboxylic acids is 1. The van der Waals surface area contributed by atoms with E-state index in [2.05, 4.69) is 4.74 Å². The standard InChI is InChI=1S/C19H18ClF3O4/c1-4-12-8-11(2)17(9-15(12)20)26-10-13-14(19(21,22)23)6-5-7-16(13)27-18(24)25-3/h5-9H,4,10H2,1-3H3. The number of halogens is 4. The first-order valence-corrected chi connectivity index (χ1v) is 8.41. The fraction of sp³-hybridized carbons (Fsp3) is 0.316. The summed E-state index contributed by atoms with van der Waals surface area (Å²) in [5, 5.41) is 0.466. The van der Waals surface area contributed by atoms with Crippen molar-refractivity contribution >= 4 is 17.8 Å². The maximum atomic E-state index is 13.4. The maximum absolute atomic E-state index is 13.4. The minimum atomic E-state index is -4.65. The van der Waals surface area contributed by atoms with Crippen molar-refractivity contribution < 1.29 is 32.2 Å². The average molecular weight is 403 g/mol. The van der Waals surface area contributed by atoms with Crippen LogP contribution >= 0.6 is 11.6 Å². The van der Waals surface area contributed by atoms with Crippen molar-refractivity contribution in [2.24, 2.45) is 0 Å². The molecule has 0 unspecified atom stereocenters. The van der Waals surface area contributed by atoms with Gasteiger partial charge in [-0.15, -0.1) is 0 Å². The largest absolute Gasteiger partial charge is 0.513 e. The van der Waals surface area contributed by atoms with Gasteiger partial charge in [0, 0.05) is 10.6 Å². The van der Waals surface area contributed by atoms with Gasteiger partial charge in [-0.1, -0.05) is 30.7 Å². The third kappa shape index (κ3) is 5.07. The summed E-state index contributed by atoms with van der Waals surface area (Å²) in [5.41, 5.74) is 0.367. The Morgan fingerprint density at radius 3 is 2.48 bits per heavy atom. The van der Waals surface area contributed by atoms with Gasteiger partial charge >= 0.3 is 12.3 Å². The molecular weight excluding hydrogens is 385 g/mol. The van der Waals surface area contributed by atoms with Crippen LogP contribution in [0.4, 0.5) is 18.0 Å². The van der Waals surface area contributed by atoms with Crippen molar-refractivity contribution in [1.29, 1.82) is 0 Å². The molecular formula is C19H18ClF3O4. The molecule has 27 heavy (non-hydrogen) atoms. The van der Waals surface area contributed by atoms with Gasteiger partial charge in [0.2, 0.25) is 0 Å². The molecule has 0 amide bonds. The van der Waals surface area contributed by atoms with E-state index in [1.165, 1.54) is 6.07 Å². The Bertz CT molecular complexity index is 834. The van der Waals surface area contributed by atoms with Crippen LogP contribution in [0.3, 0.4) is 0 Å². The molecule has 8 heteroatoms. The SMILES string of the molecule is CCc1cc(C)c(OCc2c(OC(=O)OC)cccc2C(F)(F)F)cc1Cl. The molecule has 0 radical (unpaired) electrons. The van der Waals surface area contributed by atoms with Gasteiger partial charge < -0.3 is 14.2 Å². The van der Waals surface area contributed by atoms with Crippen molar-refractivity contribution in [3.8, 4) is 11.5 Å². The number of aryl methyl sites for hydroxylation is 2. The minimum Gasteiger partial charge on any atom is -0.488 e. The Kier molecular flexibility index (Phi) is 6.59. The van der Waals surface area contributed by atoms with Crippen LogP contribution in [0.2, 0.25) is 5.02 Å². The molecule has 4 nitrogen and oxygen atoms in total. The van der Waals surface area contributed by atoms with Crippen LogP contribution in [-0.2, 0) is 23.9 Å². The van der Waals surface area contributed by atoms with Crippen molar-refractivity contribution in [3.63, 3.8) is 0 Å². The zero-order chi connectivity index (χ0) is 20.2. The molecule has 0 atom stereocenters. The normalized spacial score (nSPS) is 11.2. The third-order valence-corrected chi connectivity index (χ3v) is 4.25. The zero-order valence-corrected chi connectivity index (χ0v) is 15.7. The predicted octanol–water partition coefficient (Wildman–Crippen LogP) is 5.95. The first kappa shape index (κ1) is 20.9. The Morgan fingerprint density at radius 2 is 1.89 bits per heavy atom. The fourth-order valence-electron chi connectivity index (χ4n) is 2.51. The smallest absolute Gasteiger partial charge is 0.488 e. The molecule has 0 N–H and O–H groups in total. The van der Waals surface area contributed by atoms with E-state index >= 15 is 0 Å². The molecule has 0 bridgehead atoms. The van der Waals surface area contributed by atoms with E-state index in [1.54, 1.807) is 13.0 Å². The lowest BCUT2D eigenvalue weighted by Crippen LogP contribution is -2.15. The van der Waals surface area contributed by atoms with Gasteiger partial charge in [0.25, 0.3) is 0 Å². The Balaban J connectivity index is 2.39.